The lowest BCUT2D eigenvalue weighted by Crippen LogP contribution is -2.42. The Bertz CT molecular complexity index is 918. The Labute approximate surface area is 138 Å². The van der Waals surface area contributed by atoms with Gasteiger partial charge in [-0.2, -0.15) is 4.31 Å². The molecule has 1 aliphatic heterocycles. The smallest absolute Gasteiger partial charge is 0.286 e. The molecule has 2 heterocycles. The first-order chi connectivity index (χ1) is 11.3. The maximum absolute atomic E-state index is 12.6. The molecule has 2 aromatic rings. The Balaban J connectivity index is 1.96. The van der Waals surface area contributed by atoms with Crippen molar-refractivity contribution in [2.75, 3.05) is 18.1 Å². The number of furan rings is 1. The van der Waals surface area contributed by atoms with Crippen LogP contribution in [0.5, 0.6) is 0 Å². The molecule has 0 spiro atoms. The Morgan fingerprint density at radius 3 is 2.71 bits per heavy atom. The number of sulfonamides is 1. The number of hydrogen-bond donors (Lipinski definition) is 2. The van der Waals surface area contributed by atoms with Gasteiger partial charge in [0.1, 0.15) is 17.3 Å². The van der Waals surface area contributed by atoms with E-state index in [1.54, 1.807) is 24.3 Å². The van der Waals surface area contributed by atoms with Crippen LogP contribution in [0.2, 0.25) is 0 Å². The number of primary amides is 1. The highest BCUT2D eigenvalue weighted by atomic mass is 32.2. The van der Waals surface area contributed by atoms with E-state index < -0.39 is 27.9 Å². The molecule has 2 amide bonds. The topological polar surface area (TPSA) is 123 Å². The van der Waals surface area contributed by atoms with Gasteiger partial charge in [-0.15, -0.1) is 0 Å². The first-order valence-corrected chi connectivity index (χ1v) is 9.23. The molecule has 1 aromatic heterocycles. The summed E-state index contributed by atoms with van der Waals surface area (Å²) < 4.78 is 30.1. The predicted octanol–water partition coefficient (Wildman–Crippen LogP) is 0.894. The van der Waals surface area contributed by atoms with Crippen molar-refractivity contribution in [3.8, 4) is 0 Å². The summed E-state index contributed by atoms with van der Waals surface area (Å²) in [7, 11) is -3.49. The van der Waals surface area contributed by atoms with Crippen LogP contribution in [0, 0.1) is 0 Å². The summed E-state index contributed by atoms with van der Waals surface area (Å²) in [5, 5.41) is 3.15. The van der Waals surface area contributed by atoms with Gasteiger partial charge in [-0.3, -0.25) is 9.59 Å². The molecule has 1 atom stereocenters. The van der Waals surface area contributed by atoms with Gasteiger partial charge in [0.25, 0.3) is 5.91 Å². The predicted molar refractivity (Wildman–Crippen MR) is 87.9 cm³/mol. The number of fused-ring (bicyclic) bond motifs is 1. The maximum Gasteiger partial charge on any atom is 0.286 e. The van der Waals surface area contributed by atoms with Crippen LogP contribution >= 0.6 is 0 Å². The van der Waals surface area contributed by atoms with Crippen molar-refractivity contribution >= 4 is 38.5 Å². The monoisotopic (exact) mass is 351 g/mol. The minimum atomic E-state index is -3.49. The molecule has 0 radical (unpaired) electrons. The fraction of sp³-hybridized carbons (Fsp3) is 0.333. The zero-order chi connectivity index (χ0) is 17.5. The van der Waals surface area contributed by atoms with Crippen molar-refractivity contribution in [3.05, 3.63) is 30.0 Å². The summed E-state index contributed by atoms with van der Waals surface area (Å²) in [5.74, 6) is -1.48. The average molecular weight is 351 g/mol. The van der Waals surface area contributed by atoms with Crippen molar-refractivity contribution in [3.63, 3.8) is 0 Å². The summed E-state index contributed by atoms with van der Waals surface area (Å²) in [5.41, 5.74) is 5.89. The molecular weight excluding hydrogens is 334 g/mol. The Hall–Kier alpha value is -2.39. The van der Waals surface area contributed by atoms with Gasteiger partial charge in [-0.1, -0.05) is 12.1 Å². The number of amides is 2. The fourth-order valence-electron chi connectivity index (χ4n) is 2.95. The SMILES string of the molecule is CS(=O)(=O)N1CCC[C@@H]1C(=O)Nc1c(C(N)=O)oc2ccccc12. The Kier molecular flexibility index (Phi) is 4.06. The maximum atomic E-state index is 12.6. The van der Waals surface area contributed by atoms with Gasteiger partial charge in [-0.25, -0.2) is 8.42 Å². The first-order valence-electron chi connectivity index (χ1n) is 7.38. The van der Waals surface area contributed by atoms with Crippen LogP contribution in [0.1, 0.15) is 23.4 Å². The van der Waals surface area contributed by atoms with Crippen LogP contribution in [0.25, 0.3) is 11.0 Å². The summed E-state index contributed by atoms with van der Waals surface area (Å²) in [6.45, 7) is 0.297. The Morgan fingerprint density at radius 2 is 2.04 bits per heavy atom. The van der Waals surface area contributed by atoms with Gasteiger partial charge < -0.3 is 15.5 Å². The number of hydrogen-bond acceptors (Lipinski definition) is 5. The molecule has 24 heavy (non-hydrogen) atoms. The summed E-state index contributed by atoms with van der Waals surface area (Å²) in [6, 6.07) is 5.98. The second kappa shape index (κ2) is 5.91. The number of nitrogens with zero attached hydrogens (tertiary/aromatic N) is 1. The van der Waals surface area contributed by atoms with Gasteiger partial charge in [-0.05, 0) is 25.0 Å². The lowest BCUT2D eigenvalue weighted by atomic mass is 10.2. The molecule has 1 saturated heterocycles. The van der Waals surface area contributed by atoms with E-state index in [9.17, 15) is 18.0 Å². The molecule has 128 valence electrons. The van der Waals surface area contributed by atoms with Gasteiger partial charge in [0.15, 0.2) is 0 Å². The minimum Gasteiger partial charge on any atom is -0.449 e. The third-order valence-corrected chi connectivity index (χ3v) is 5.29. The van der Waals surface area contributed by atoms with E-state index in [-0.39, 0.29) is 11.4 Å². The third-order valence-electron chi connectivity index (χ3n) is 4.00. The number of anilines is 1. The number of carbonyl (C=O) groups excluding carboxylic acids is 2. The zero-order valence-corrected chi connectivity index (χ0v) is 13.8. The highest BCUT2D eigenvalue weighted by Gasteiger charge is 2.37. The summed E-state index contributed by atoms with van der Waals surface area (Å²) in [6.07, 6.45) is 2.08. The molecule has 0 saturated carbocycles. The molecule has 0 aliphatic carbocycles. The quantitative estimate of drug-likeness (QED) is 0.847. The van der Waals surface area contributed by atoms with Gasteiger partial charge in [0, 0.05) is 11.9 Å². The second-order valence-corrected chi connectivity index (χ2v) is 7.62. The number of benzene rings is 1. The minimum absolute atomic E-state index is 0.159. The van der Waals surface area contributed by atoms with E-state index >= 15 is 0 Å². The van der Waals surface area contributed by atoms with Crippen LogP contribution in [-0.4, -0.2) is 43.4 Å². The zero-order valence-electron chi connectivity index (χ0n) is 13.0. The number of rotatable bonds is 4. The molecular formula is C15H17N3O5S. The molecule has 0 bridgehead atoms. The molecule has 0 unspecified atom stereocenters. The van der Waals surface area contributed by atoms with Crippen molar-refractivity contribution < 1.29 is 22.4 Å². The van der Waals surface area contributed by atoms with E-state index in [0.29, 0.717) is 30.4 Å². The number of para-hydroxylation sites is 1. The first kappa shape index (κ1) is 16.5. The largest absolute Gasteiger partial charge is 0.449 e. The van der Waals surface area contributed by atoms with Crippen LogP contribution in [0.4, 0.5) is 5.69 Å². The summed E-state index contributed by atoms with van der Waals surface area (Å²) in [4.78, 5) is 24.2. The van der Waals surface area contributed by atoms with Crippen LogP contribution in [0.3, 0.4) is 0 Å². The van der Waals surface area contributed by atoms with E-state index in [1.807, 2.05) is 0 Å². The number of nitrogens with two attached hydrogens (primary N) is 1. The second-order valence-electron chi connectivity index (χ2n) is 5.69. The molecule has 3 N–H and O–H groups in total. The molecule has 3 rings (SSSR count). The van der Waals surface area contributed by atoms with E-state index in [1.165, 1.54) is 0 Å². The van der Waals surface area contributed by atoms with Gasteiger partial charge in [0.2, 0.25) is 21.7 Å². The highest BCUT2D eigenvalue weighted by molar-refractivity contribution is 7.88. The van der Waals surface area contributed by atoms with Crippen molar-refractivity contribution in [2.45, 2.75) is 18.9 Å². The van der Waals surface area contributed by atoms with Crippen LogP contribution in [-0.2, 0) is 14.8 Å². The Morgan fingerprint density at radius 1 is 1.33 bits per heavy atom. The normalized spacial score (nSPS) is 18.8. The molecule has 1 aromatic carbocycles. The van der Waals surface area contributed by atoms with Gasteiger partial charge in [0.05, 0.1) is 6.26 Å². The third kappa shape index (κ3) is 2.87. The number of nitrogens with one attached hydrogen (secondary N) is 1. The van der Waals surface area contributed by atoms with Crippen molar-refractivity contribution in [2.24, 2.45) is 5.73 Å². The van der Waals surface area contributed by atoms with Crippen LogP contribution < -0.4 is 11.1 Å². The highest BCUT2D eigenvalue weighted by Crippen LogP contribution is 2.31. The van der Waals surface area contributed by atoms with E-state index in [0.717, 1.165) is 10.6 Å². The van der Waals surface area contributed by atoms with Gasteiger partial charge >= 0.3 is 0 Å². The van der Waals surface area contributed by atoms with Crippen LogP contribution in [0.15, 0.2) is 28.7 Å². The molecule has 1 aliphatic rings. The fourth-order valence-corrected chi connectivity index (χ4v) is 4.07. The molecule has 8 nitrogen and oxygen atoms in total. The van der Waals surface area contributed by atoms with E-state index in [2.05, 4.69) is 5.32 Å². The molecule has 1 fully saturated rings. The standard InChI is InChI=1S/C15H17N3O5S/c1-24(21,22)18-8-4-6-10(18)15(20)17-12-9-5-2-3-7-11(9)23-13(12)14(16)19/h2-3,5,7,10H,4,6,8H2,1H3,(H2,16,19)(H,17,20)/t10-/m1/s1. The number of carbonyl (C=O) groups is 2. The average Bonchev–Trinajstić information content (AvgIpc) is 3.12. The van der Waals surface area contributed by atoms with Crippen molar-refractivity contribution in [1.29, 1.82) is 0 Å². The summed E-state index contributed by atoms with van der Waals surface area (Å²) >= 11 is 0. The van der Waals surface area contributed by atoms with Crippen molar-refractivity contribution in [1.82, 2.24) is 4.31 Å². The van der Waals surface area contributed by atoms with E-state index in [4.69, 9.17) is 10.2 Å². The molecule has 9 heteroatoms. The lowest BCUT2D eigenvalue weighted by Gasteiger charge is -2.21. The lowest BCUT2D eigenvalue weighted by molar-refractivity contribution is -0.119.